The van der Waals surface area contributed by atoms with Crippen LogP contribution in [-0.4, -0.2) is 36.3 Å². The third-order valence-corrected chi connectivity index (χ3v) is 4.04. The third-order valence-electron chi connectivity index (χ3n) is 4.04. The SMILES string of the molecule is Oc1cccc(C2CCN(CCCCCF)CC2)c1. The molecule has 19 heavy (non-hydrogen) atoms. The van der Waals surface area contributed by atoms with Crippen LogP contribution in [0.2, 0.25) is 0 Å². The Morgan fingerprint density at radius 1 is 1.16 bits per heavy atom. The molecule has 0 atom stereocenters. The van der Waals surface area contributed by atoms with Gasteiger partial charge in [0, 0.05) is 0 Å². The minimum atomic E-state index is -0.181. The monoisotopic (exact) mass is 265 g/mol. The van der Waals surface area contributed by atoms with Crippen molar-refractivity contribution in [1.29, 1.82) is 0 Å². The Morgan fingerprint density at radius 2 is 1.95 bits per heavy atom. The van der Waals surface area contributed by atoms with Gasteiger partial charge in [-0.3, -0.25) is 4.39 Å². The molecule has 1 fully saturated rings. The van der Waals surface area contributed by atoms with Gasteiger partial charge in [-0.05, 0) is 75.4 Å². The largest absolute Gasteiger partial charge is 0.508 e. The first kappa shape index (κ1) is 14.3. The van der Waals surface area contributed by atoms with Crippen molar-refractivity contribution in [3.63, 3.8) is 0 Å². The zero-order valence-electron chi connectivity index (χ0n) is 11.5. The second-order valence-corrected chi connectivity index (χ2v) is 5.46. The molecule has 0 aliphatic carbocycles. The van der Waals surface area contributed by atoms with Crippen molar-refractivity contribution in [1.82, 2.24) is 4.90 Å². The Kier molecular flexibility index (Phi) is 5.64. The highest BCUT2D eigenvalue weighted by molar-refractivity contribution is 5.29. The maximum absolute atomic E-state index is 12.0. The first-order valence-corrected chi connectivity index (χ1v) is 7.37. The molecule has 0 bridgehead atoms. The summed E-state index contributed by atoms with van der Waals surface area (Å²) in [4.78, 5) is 2.48. The molecule has 0 unspecified atom stereocenters. The van der Waals surface area contributed by atoms with Crippen LogP contribution in [0.4, 0.5) is 4.39 Å². The molecule has 0 saturated carbocycles. The normalized spacial score (nSPS) is 17.7. The number of phenolic OH excluding ortho intramolecular Hbond substituents is 1. The predicted molar refractivity (Wildman–Crippen MR) is 76.3 cm³/mol. The molecular weight excluding hydrogens is 241 g/mol. The average Bonchev–Trinajstić information content (AvgIpc) is 2.44. The molecular formula is C16H24FNO. The van der Waals surface area contributed by atoms with E-state index in [4.69, 9.17) is 0 Å². The number of alkyl halides is 1. The lowest BCUT2D eigenvalue weighted by Gasteiger charge is -2.32. The Morgan fingerprint density at radius 3 is 2.63 bits per heavy atom. The molecule has 0 aromatic heterocycles. The van der Waals surface area contributed by atoms with E-state index in [0.29, 0.717) is 18.1 Å². The van der Waals surface area contributed by atoms with Gasteiger partial charge in [-0.15, -0.1) is 0 Å². The standard InChI is InChI=1S/C16H24FNO/c17-9-2-1-3-10-18-11-7-14(8-12-18)15-5-4-6-16(19)13-15/h4-6,13-14,19H,1-3,7-12H2. The summed E-state index contributed by atoms with van der Waals surface area (Å²) in [5, 5.41) is 9.52. The van der Waals surface area contributed by atoms with Gasteiger partial charge in [0.2, 0.25) is 0 Å². The minimum absolute atomic E-state index is 0.181. The van der Waals surface area contributed by atoms with E-state index < -0.39 is 0 Å². The first-order valence-electron chi connectivity index (χ1n) is 7.37. The van der Waals surface area contributed by atoms with E-state index in [1.54, 1.807) is 6.07 Å². The molecule has 1 N–H and O–H groups in total. The van der Waals surface area contributed by atoms with Gasteiger partial charge in [-0.2, -0.15) is 0 Å². The maximum atomic E-state index is 12.0. The third kappa shape index (κ3) is 4.50. The van der Waals surface area contributed by atoms with Crippen molar-refractivity contribution in [2.45, 2.75) is 38.0 Å². The van der Waals surface area contributed by atoms with Crippen LogP contribution in [0.25, 0.3) is 0 Å². The molecule has 1 aromatic rings. The topological polar surface area (TPSA) is 23.5 Å². The summed E-state index contributed by atoms with van der Waals surface area (Å²) in [6.45, 7) is 3.16. The molecule has 2 rings (SSSR count). The van der Waals surface area contributed by atoms with Crippen LogP contribution in [-0.2, 0) is 0 Å². The average molecular weight is 265 g/mol. The van der Waals surface area contributed by atoms with Crippen LogP contribution in [0, 0.1) is 0 Å². The van der Waals surface area contributed by atoms with E-state index in [9.17, 15) is 9.50 Å². The smallest absolute Gasteiger partial charge is 0.115 e. The molecule has 2 nitrogen and oxygen atoms in total. The van der Waals surface area contributed by atoms with Crippen LogP contribution in [0.15, 0.2) is 24.3 Å². The van der Waals surface area contributed by atoms with E-state index in [1.165, 1.54) is 5.56 Å². The Bertz CT molecular complexity index is 375. The molecule has 1 aliphatic rings. The molecule has 1 saturated heterocycles. The fourth-order valence-corrected chi connectivity index (χ4v) is 2.88. The van der Waals surface area contributed by atoms with Crippen LogP contribution in [0.1, 0.15) is 43.6 Å². The van der Waals surface area contributed by atoms with Gasteiger partial charge in [0.25, 0.3) is 0 Å². The lowest BCUT2D eigenvalue weighted by atomic mass is 9.89. The van der Waals surface area contributed by atoms with Gasteiger partial charge in [0.05, 0.1) is 6.67 Å². The summed E-state index contributed by atoms with van der Waals surface area (Å²) >= 11 is 0. The molecule has 3 heteroatoms. The lowest BCUT2D eigenvalue weighted by molar-refractivity contribution is 0.207. The highest BCUT2D eigenvalue weighted by Crippen LogP contribution is 2.29. The van der Waals surface area contributed by atoms with Gasteiger partial charge in [-0.25, -0.2) is 0 Å². The van der Waals surface area contributed by atoms with Gasteiger partial charge < -0.3 is 10.0 Å². The second kappa shape index (κ2) is 7.49. The fourth-order valence-electron chi connectivity index (χ4n) is 2.88. The van der Waals surface area contributed by atoms with Gasteiger partial charge in [-0.1, -0.05) is 12.1 Å². The number of phenols is 1. The quantitative estimate of drug-likeness (QED) is 0.793. The molecule has 0 spiro atoms. The van der Waals surface area contributed by atoms with E-state index in [1.807, 2.05) is 12.1 Å². The number of nitrogens with zero attached hydrogens (tertiary/aromatic N) is 1. The molecule has 0 amide bonds. The lowest BCUT2D eigenvalue weighted by Crippen LogP contribution is -2.33. The molecule has 106 valence electrons. The highest BCUT2D eigenvalue weighted by atomic mass is 19.1. The summed E-state index contributed by atoms with van der Waals surface area (Å²) in [5.41, 5.74) is 1.26. The number of unbranched alkanes of at least 4 members (excludes halogenated alkanes) is 2. The van der Waals surface area contributed by atoms with E-state index in [-0.39, 0.29) is 6.67 Å². The Labute approximate surface area is 115 Å². The summed E-state index contributed by atoms with van der Waals surface area (Å²) in [6.07, 6.45) is 5.14. The number of hydrogen-bond acceptors (Lipinski definition) is 2. The van der Waals surface area contributed by atoms with Crippen molar-refractivity contribution in [3.05, 3.63) is 29.8 Å². The van der Waals surface area contributed by atoms with Gasteiger partial charge in [0.15, 0.2) is 0 Å². The summed E-state index contributed by atoms with van der Waals surface area (Å²) in [6, 6.07) is 7.65. The van der Waals surface area contributed by atoms with Crippen molar-refractivity contribution in [2.75, 3.05) is 26.3 Å². The van der Waals surface area contributed by atoms with Crippen LogP contribution in [0.3, 0.4) is 0 Å². The minimum Gasteiger partial charge on any atom is -0.508 e. The van der Waals surface area contributed by atoms with Gasteiger partial charge in [0.1, 0.15) is 5.75 Å². The van der Waals surface area contributed by atoms with Crippen LogP contribution >= 0.6 is 0 Å². The Hall–Kier alpha value is -1.09. The molecule has 1 aromatic carbocycles. The number of rotatable bonds is 6. The highest BCUT2D eigenvalue weighted by Gasteiger charge is 2.20. The number of piperidine rings is 1. The van der Waals surface area contributed by atoms with Crippen LogP contribution < -0.4 is 0 Å². The first-order chi connectivity index (χ1) is 9.29. The zero-order valence-corrected chi connectivity index (χ0v) is 11.5. The van der Waals surface area contributed by atoms with E-state index >= 15 is 0 Å². The maximum Gasteiger partial charge on any atom is 0.115 e. The predicted octanol–water partition coefficient (Wildman–Crippen LogP) is 3.71. The number of halogens is 1. The van der Waals surface area contributed by atoms with E-state index in [2.05, 4.69) is 11.0 Å². The van der Waals surface area contributed by atoms with Crippen molar-refractivity contribution < 1.29 is 9.50 Å². The second-order valence-electron chi connectivity index (χ2n) is 5.46. The Balaban J connectivity index is 1.73. The summed E-state index contributed by atoms with van der Waals surface area (Å²) in [7, 11) is 0. The van der Waals surface area contributed by atoms with Crippen molar-refractivity contribution in [2.24, 2.45) is 0 Å². The molecule has 0 radical (unpaired) electrons. The molecule has 1 aliphatic heterocycles. The number of benzene rings is 1. The summed E-state index contributed by atoms with van der Waals surface area (Å²) in [5.74, 6) is 0.945. The van der Waals surface area contributed by atoms with Crippen molar-refractivity contribution >= 4 is 0 Å². The van der Waals surface area contributed by atoms with E-state index in [0.717, 1.165) is 45.3 Å². The van der Waals surface area contributed by atoms with Gasteiger partial charge >= 0.3 is 0 Å². The molecule has 1 heterocycles. The fraction of sp³-hybridized carbons (Fsp3) is 0.625. The summed E-state index contributed by atoms with van der Waals surface area (Å²) < 4.78 is 12.0. The van der Waals surface area contributed by atoms with Crippen molar-refractivity contribution in [3.8, 4) is 5.75 Å². The van der Waals surface area contributed by atoms with Crippen LogP contribution in [0.5, 0.6) is 5.75 Å². The zero-order chi connectivity index (χ0) is 13.5. The number of hydrogen-bond donors (Lipinski definition) is 1. The number of likely N-dealkylation sites (tertiary alicyclic amines) is 1. The number of aromatic hydroxyl groups is 1.